The van der Waals surface area contributed by atoms with Crippen LogP contribution in [0.2, 0.25) is 0 Å². The third-order valence-corrected chi connectivity index (χ3v) is 3.89. The Morgan fingerprint density at radius 3 is 2.80 bits per heavy atom. The average molecular weight is 345 g/mol. The molecule has 8 nitrogen and oxygen atoms in total. The van der Waals surface area contributed by atoms with Crippen molar-refractivity contribution in [2.45, 2.75) is 20.3 Å². The van der Waals surface area contributed by atoms with E-state index in [9.17, 15) is 4.79 Å². The molecule has 0 bridgehead atoms. The first-order valence-electron chi connectivity index (χ1n) is 8.52. The molecule has 2 N–H and O–H groups in total. The van der Waals surface area contributed by atoms with Gasteiger partial charge in [-0.3, -0.25) is 4.79 Å². The largest absolute Gasteiger partial charge is 0.486 e. The number of carbonyl (C=O) groups is 1. The van der Waals surface area contributed by atoms with Crippen molar-refractivity contribution < 1.29 is 14.3 Å². The van der Waals surface area contributed by atoms with Crippen molar-refractivity contribution in [2.75, 3.05) is 32.8 Å². The number of carbonyl (C=O) groups excluding carboxylic acids is 1. The number of ether oxygens (including phenoxy) is 2. The average Bonchev–Trinajstić information content (AvgIpc) is 3.02. The summed E-state index contributed by atoms with van der Waals surface area (Å²) < 4.78 is 12.7. The second-order valence-electron chi connectivity index (χ2n) is 5.77. The highest BCUT2D eigenvalue weighted by Crippen LogP contribution is 2.32. The third kappa shape index (κ3) is 3.90. The summed E-state index contributed by atoms with van der Waals surface area (Å²) in [5, 5.41) is 14.2. The number of fused-ring (bicyclic) bond motifs is 1. The van der Waals surface area contributed by atoms with E-state index in [-0.39, 0.29) is 5.91 Å². The number of amides is 1. The van der Waals surface area contributed by atoms with E-state index in [0.717, 1.165) is 25.2 Å². The Kier molecular flexibility index (Phi) is 5.49. The molecule has 1 amide bonds. The van der Waals surface area contributed by atoms with Crippen molar-refractivity contribution in [3.8, 4) is 17.2 Å². The highest BCUT2D eigenvalue weighted by atomic mass is 16.6. The van der Waals surface area contributed by atoms with E-state index in [1.54, 1.807) is 4.68 Å². The maximum Gasteiger partial charge on any atom is 0.273 e. The molecule has 1 aromatic carbocycles. The SMILES string of the molecule is CCCNCCNC(=O)c1nnn(-c2ccc3c(c2)OCCO3)c1C. The van der Waals surface area contributed by atoms with Gasteiger partial charge < -0.3 is 20.1 Å². The van der Waals surface area contributed by atoms with Crippen molar-refractivity contribution in [1.82, 2.24) is 25.6 Å². The first-order valence-corrected chi connectivity index (χ1v) is 8.52. The molecule has 1 aliphatic heterocycles. The molecule has 0 fully saturated rings. The molecular formula is C17H23N5O3. The highest BCUT2D eigenvalue weighted by molar-refractivity contribution is 5.93. The molecule has 2 heterocycles. The van der Waals surface area contributed by atoms with Gasteiger partial charge >= 0.3 is 0 Å². The first kappa shape index (κ1) is 17.2. The Bertz CT molecular complexity index is 744. The zero-order valence-corrected chi connectivity index (χ0v) is 14.5. The molecule has 8 heteroatoms. The van der Waals surface area contributed by atoms with Crippen LogP contribution >= 0.6 is 0 Å². The monoisotopic (exact) mass is 345 g/mol. The minimum Gasteiger partial charge on any atom is -0.486 e. The van der Waals surface area contributed by atoms with Gasteiger partial charge in [0.15, 0.2) is 17.2 Å². The molecule has 0 atom stereocenters. The lowest BCUT2D eigenvalue weighted by Crippen LogP contribution is -2.32. The van der Waals surface area contributed by atoms with Crippen LogP contribution in [0.4, 0.5) is 0 Å². The van der Waals surface area contributed by atoms with E-state index in [0.29, 0.717) is 42.6 Å². The Morgan fingerprint density at radius 2 is 2.00 bits per heavy atom. The Morgan fingerprint density at radius 1 is 1.20 bits per heavy atom. The third-order valence-electron chi connectivity index (χ3n) is 3.89. The summed E-state index contributed by atoms with van der Waals surface area (Å²) >= 11 is 0. The van der Waals surface area contributed by atoms with Crippen LogP contribution in [0, 0.1) is 6.92 Å². The topological polar surface area (TPSA) is 90.3 Å². The number of hydrogen-bond acceptors (Lipinski definition) is 6. The number of aromatic nitrogens is 3. The van der Waals surface area contributed by atoms with Crippen LogP contribution in [0.25, 0.3) is 5.69 Å². The van der Waals surface area contributed by atoms with Gasteiger partial charge in [0, 0.05) is 19.2 Å². The summed E-state index contributed by atoms with van der Waals surface area (Å²) in [6.45, 7) is 7.21. The zero-order valence-electron chi connectivity index (χ0n) is 14.5. The quantitative estimate of drug-likeness (QED) is 0.730. The zero-order chi connectivity index (χ0) is 17.6. The van der Waals surface area contributed by atoms with Gasteiger partial charge in [-0.05, 0) is 32.0 Å². The molecule has 1 aromatic heterocycles. The van der Waals surface area contributed by atoms with Crippen molar-refractivity contribution in [3.63, 3.8) is 0 Å². The molecule has 25 heavy (non-hydrogen) atoms. The van der Waals surface area contributed by atoms with Crippen LogP contribution < -0.4 is 20.1 Å². The number of nitrogens with one attached hydrogen (secondary N) is 2. The van der Waals surface area contributed by atoms with Gasteiger partial charge in [-0.1, -0.05) is 12.1 Å². The van der Waals surface area contributed by atoms with E-state index in [1.165, 1.54) is 0 Å². The lowest BCUT2D eigenvalue weighted by molar-refractivity contribution is 0.0948. The van der Waals surface area contributed by atoms with Gasteiger partial charge in [0.05, 0.1) is 11.4 Å². The van der Waals surface area contributed by atoms with Gasteiger partial charge in [-0.15, -0.1) is 5.10 Å². The first-order chi connectivity index (χ1) is 12.2. The second-order valence-corrected chi connectivity index (χ2v) is 5.77. The predicted octanol–water partition coefficient (Wildman–Crippen LogP) is 1.08. The normalized spacial score (nSPS) is 12.9. The molecule has 3 rings (SSSR count). The van der Waals surface area contributed by atoms with Crippen LogP contribution in [0.15, 0.2) is 18.2 Å². The van der Waals surface area contributed by atoms with Crippen LogP contribution in [-0.2, 0) is 0 Å². The summed E-state index contributed by atoms with van der Waals surface area (Å²) in [5.74, 6) is 1.16. The summed E-state index contributed by atoms with van der Waals surface area (Å²) in [5.41, 5.74) is 1.78. The van der Waals surface area contributed by atoms with Crippen LogP contribution in [0.3, 0.4) is 0 Å². The van der Waals surface area contributed by atoms with Gasteiger partial charge in [-0.25, -0.2) is 4.68 Å². The Hall–Kier alpha value is -2.61. The number of benzene rings is 1. The summed E-state index contributed by atoms with van der Waals surface area (Å²) in [6.07, 6.45) is 1.07. The molecule has 0 saturated heterocycles. The van der Waals surface area contributed by atoms with Crippen molar-refractivity contribution in [3.05, 3.63) is 29.6 Å². The van der Waals surface area contributed by atoms with E-state index in [4.69, 9.17) is 9.47 Å². The lowest BCUT2D eigenvalue weighted by atomic mass is 10.2. The van der Waals surface area contributed by atoms with E-state index >= 15 is 0 Å². The maximum atomic E-state index is 12.3. The number of nitrogens with zero attached hydrogens (tertiary/aromatic N) is 3. The molecule has 0 spiro atoms. The van der Waals surface area contributed by atoms with Gasteiger partial charge in [0.2, 0.25) is 0 Å². The molecule has 1 aliphatic rings. The number of rotatable bonds is 7. The fraction of sp³-hybridized carbons (Fsp3) is 0.471. The van der Waals surface area contributed by atoms with Crippen molar-refractivity contribution in [2.24, 2.45) is 0 Å². The summed E-state index contributed by atoms with van der Waals surface area (Å²) in [6, 6.07) is 5.54. The van der Waals surface area contributed by atoms with Gasteiger partial charge in [-0.2, -0.15) is 0 Å². The molecular weight excluding hydrogens is 322 g/mol. The predicted molar refractivity (Wildman–Crippen MR) is 92.6 cm³/mol. The summed E-state index contributed by atoms with van der Waals surface area (Å²) in [4.78, 5) is 12.3. The number of hydrogen-bond donors (Lipinski definition) is 2. The van der Waals surface area contributed by atoms with Gasteiger partial charge in [0.25, 0.3) is 5.91 Å². The summed E-state index contributed by atoms with van der Waals surface area (Å²) in [7, 11) is 0. The Labute approximate surface area is 146 Å². The fourth-order valence-electron chi connectivity index (χ4n) is 2.60. The standard InChI is InChI=1S/C17H23N5O3/c1-3-6-18-7-8-19-17(23)16-12(2)22(21-20-16)13-4-5-14-15(11-13)25-10-9-24-14/h4-5,11,18H,3,6-10H2,1-2H3,(H,19,23). The van der Waals surface area contributed by atoms with E-state index in [1.807, 2.05) is 25.1 Å². The fourth-order valence-corrected chi connectivity index (χ4v) is 2.60. The van der Waals surface area contributed by atoms with E-state index in [2.05, 4.69) is 27.9 Å². The second kappa shape index (κ2) is 7.98. The van der Waals surface area contributed by atoms with Crippen molar-refractivity contribution >= 4 is 5.91 Å². The van der Waals surface area contributed by atoms with Gasteiger partial charge in [0.1, 0.15) is 13.2 Å². The van der Waals surface area contributed by atoms with Crippen LogP contribution in [-0.4, -0.2) is 53.7 Å². The molecule has 0 radical (unpaired) electrons. The molecule has 0 saturated carbocycles. The lowest BCUT2D eigenvalue weighted by Gasteiger charge is -2.18. The molecule has 134 valence electrons. The minimum absolute atomic E-state index is 0.223. The van der Waals surface area contributed by atoms with Crippen LogP contribution in [0.1, 0.15) is 29.5 Å². The molecule has 2 aromatic rings. The Balaban J connectivity index is 1.69. The minimum atomic E-state index is -0.223. The van der Waals surface area contributed by atoms with Crippen molar-refractivity contribution in [1.29, 1.82) is 0 Å². The van der Waals surface area contributed by atoms with Crippen LogP contribution in [0.5, 0.6) is 11.5 Å². The highest BCUT2D eigenvalue weighted by Gasteiger charge is 2.19. The molecule has 0 unspecified atom stereocenters. The maximum absolute atomic E-state index is 12.3. The molecule has 0 aliphatic carbocycles. The smallest absolute Gasteiger partial charge is 0.273 e. The van der Waals surface area contributed by atoms with E-state index < -0.39 is 0 Å².